The summed E-state index contributed by atoms with van der Waals surface area (Å²) in [6, 6.07) is 7.61. The molecule has 0 saturated heterocycles. The summed E-state index contributed by atoms with van der Waals surface area (Å²) in [6.07, 6.45) is 1.39. The molecule has 0 bridgehead atoms. The van der Waals surface area contributed by atoms with Crippen molar-refractivity contribution in [3.05, 3.63) is 51.3 Å². The van der Waals surface area contributed by atoms with Crippen molar-refractivity contribution in [3.63, 3.8) is 0 Å². The van der Waals surface area contributed by atoms with Gasteiger partial charge in [-0.15, -0.1) is 0 Å². The first kappa shape index (κ1) is 14.2. The van der Waals surface area contributed by atoms with Crippen LogP contribution >= 0.6 is 0 Å². The van der Waals surface area contributed by atoms with Crippen molar-refractivity contribution in [3.8, 4) is 11.3 Å². The normalized spacial score (nSPS) is 10.6. The van der Waals surface area contributed by atoms with Gasteiger partial charge in [-0.1, -0.05) is 30.7 Å². The minimum absolute atomic E-state index is 0.156. The van der Waals surface area contributed by atoms with E-state index in [2.05, 4.69) is 11.2 Å². The van der Waals surface area contributed by atoms with Crippen molar-refractivity contribution in [2.24, 2.45) is 0 Å². The summed E-state index contributed by atoms with van der Waals surface area (Å²) in [6.45, 7) is 6.51. The third-order valence-corrected chi connectivity index (χ3v) is 3.22. The monoisotopic (exact) mass is 270 g/mol. The molecule has 104 valence electrons. The number of carbonyl (C=O) groups excluding carboxylic acids is 1. The smallest absolute Gasteiger partial charge is 0.277 e. The van der Waals surface area contributed by atoms with Crippen LogP contribution in [-0.2, 0) is 6.54 Å². The minimum Gasteiger partial charge on any atom is -0.298 e. The van der Waals surface area contributed by atoms with E-state index in [1.165, 1.54) is 10.2 Å². The van der Waals surface area contributed by atoms with E-state index in [0.717, 1.165) is 17.5 Å². The Labute approximate surface area is 118 Å². The average molecular weight is 270 g/mol. The molecule has 0 spiro atoms. The fourth-order valence-corrected chi connectivity index (χ4v) is 2.24. The molecule has 0 amide bonds. The predicted molar refractivity (Wildman–Crippen MR) is 79.1 cm³/mol. The van der Waals surface area contributed by atoms with Gasteiger partial charge in [-0.3, -0.25) is 9.59 Å². The van der Waals surface area contributed by atoms with Crippen LogP contribution in [0.2, 0.25) is 0 Å². The third-order valence-electron chi connectivity index (χ3n) is 3.22. The highest BCUT2D eigenvalue weighted by Crippen LogP contribution is 2.22. The molecule has 1 heterocycles. The van der Waals surface area contributed by atoms with Gasteiger partial charge in [0.15, 0.2) is 6.29 Å². The van der Waals surface area contributed by atoms with Crippen LogP contribution in [0.3, 0.4) is 0 Å². The first-order chi connectivity index (χ1) is 9.56. The van der Waals surface area contributed by atoms with Gasteiger partial charge >= 0.3 is 0 Å². The Morgan fingerprint density at radius 2 is 2.00 bits per heavy atom. The number of hydrogen-bond donors (Lipinski definition) is 0. The van der Waals surface area contributed by atoms with E-state index >= 15 is 0 Å². The lowest BCUT2D eigenvalue weighted by Crippen LogP contribution is -2.26. The van der Waals surface area contributed by atoms with Gasteiger partial charge in [0.25, 0.3) is 5.56 Å². The highest BCUT2D eigenvalue weighted by Gasteiger charge is 2.10. The van der Waals surface area contributed by atoms with Crippen LogP contribution in [0, 0.1) is 13.8 Å². The molecule has 4 heteroatoms. The summed E-state index contributed by atoms with van der Waals surface area (Å²) in [5, 5.41) is 4.38. The van der Waals surface area contributed by atoms with E-state index in [0.29, 0.717) is 18.5 Å². The zero-order valence-electron chi connectivity index (χ0n) is 12.0. The van der Waals surface area contributed by atoms with E-state index in [9.17, 15) is 9.59 Å². The van der Waals surface area contributed by atoms with Gasteiger partial charge in [-0.2, -0.15) is 5.10 Å². The SMILES string of the molecule is CCCn1nc(-c2ccc(C)cc2C)cc(C=O)c1=O. The number of nitrogens with zero attached hydrogens (tertiary/aromatic N) is 2. The van der Waals surface area contributed by atoms with Crippen molar-refractivity contribution in [2.45, 2.75) is 33.7 Å². The average Bonchev–Trinajstić information content (AvgIpc) is 2.41. The zero-order valence-corrected chi connectivity index (χ0v) is 12.0. The molecule has 2 aromatic rings. The number of aldehydes is 1. The second-order valence-electron chi connectivity index (χ2n) is 4.95. The minimum atomic E-state index is -0.324. The molecule has 0 radical (unpaired) electrons. The van der Waals surface area contributed by atoms with E-state index in [-0.39, 0.29) is 11.1 Å². The molecule has 0 unspecified atom stereocenters. The summed E-state index contributed by atoms with van der Waals surface area (Å²) in [5.74, 6) is 0. The molecular formula is C16H18N2O2. The molecule has 0 atom stereocenters. The Balaban J connectivity index is 2.64. The van der Waals surface area contributed by atoms with E-state index in [1.54, 1.807) is 6.07 Å². The number of aromatic nitrogens is 2. The third kappa shape index (κ3) is 2.69. The number of benzene rings is 1. The van der Waals surface area contributed by atoms with E-state index in [1.807, 2.05) is 32.9 Å². The van der Waals surface area contributed by atoms with Gasteiger partial charge in [0.1, 0.15) is 0 Å². The Hall–Kier alpha value is -2.23. The molecule has 20 heavy (non-hydrogen) atoms. The summed E-state index contributed by atoms with van der Waals surface area (Å²) in [4.78, 5) is 23.0. The Kier molecular flexibility index (Phi) is 4.13. The number of hydrogen-bond acceptors (Lipinski definition) is 3. The van der Waals surface area contributed by atoms with Gasteiger partial charge in [-0.25, -0.2) is 4.68 Å². The van der Waals surface area contributed by atoms with Crippen LogP contribution in [0.1, 0.15) is 34.8 Å². The molecule has 0 aliphatic heterocycles. The lowest BCUT2D eigenvalue weighted by atomic mass is 10.0. The van der Waals surface area contributed by atoms with Gasteiger partial charge < -0.3 is 0 Å². The maximum absolute atomic E-state index is 12.0. The fourth-order valence-electron chi connectivity index (χ4n) is 2.24. The van der Waals surface area contributed by atoms with Crippen molar-refractivity contribution in [1.82, 2.24) is 9.78 Å². The predicted octanol–water partition coefficient (Wildman–Crippen LogP) is 2.75. The number of rotatable bonds is 4. The van der Waals surface area contributed by atoms with Crippen molar-refractivity contribution >= 4 is 6.29 Å². The lowest BCUT2D eigenvalue weighted by Gasteiger charge is -2.10. The van der Waals surface area contributed by atoms with Crippen molar-refractivity contribution in [1.29, 1.82) is 0 Å². The van der Waals surface area contributed by atoms with Crippen LogP contribution < -0.4 is 5.56 Å². The molecule has 0 saturated carbocycles. The summed E-state index contributed by atoms with van der Waals surface area (Å²) < 4.78 is 1.37. The van der Waals surface area contributed by atoms with Gasteiger partial charge in [0, 0.05) is 12.1 Å². The van der Waals surface area contributed by atoms with Gasteiger partial charge in [0.2, 0.25) is 0 Å². The first-order valence-electron chi connectivity index (χ1n) is 6.71. The summed E-state index contributed by atoms with van der Waals surface area (Å²) >= 11 is 0. The fraction of sp³-hybridized carbons (Fsp3) is 0.312. The molecule has 0 fully saturated rings. The molecule has 2 rings (SSSR count). The van der Waals surface area contributed by atoms with E-state index in [4.69, 9.17) is 0 Å². The lowest BCUT2D eigenvalue weighted by molar-refractivity contribution is 0.112. The maximum Gasteiger partial charge on any atom is 0.277 e. The summed E-state index contributed by atoms with van der Waals surface area (Å²) in [5.41, 5.74) is 3.69. The molecule has 4 nitrogen and oxygen atoms in total. The van der Waals surface area contributed by atoms with Crippen LogP contribution in [0.4, 0.5) is 0 Å². The highest BCUT2D eigenvalue weighted by molar-refractivity contribution is 5.77. The van der Waals surface area contributed by atoms with Crippen LogP contribution in [0.5, 0.6) is 0 Å². The quantitative estimate of drug-likeness (QED) is 0.803. The largest absolute Gasteiger partial charge is 0.298 e. The van der Waals surface area contributed by atoms with Crippen LogP contribution in [-0.4, -0.2) is 16.1 Å². The Morgan fingerprint density at radius 3 is 2.60 bits per heavy atom. The van der Waals surface area contributed by atoms with Crippen LogP contribution in [0.15, 0.2) is 29.1 Å². The maximum atomic E-state index is 12.0. The van der Waals surface area contributed by atoms with Crippen LogP contribution in [0.25, 0.3) is 11.3 Å². The number of carbonyl (C=O) groups is 1. The zero-order chi connectivity index (χ0) is 14.7. The summed E-state index contributed by atoms with van der Waals surface area (Å²) in [7, 11) is 0. The van der Waals surface area contributed by atoms with Crippen molar-refractivity contribution < 1.29 is 4.79 Å². The molecular weight excluding hydrogens is 252 g/mol. The van der Waals surface area contributed by atoms with Gasteiger partial charge in [0.05, 0.1) is 11.3 Å². The Bertz CT molecular complexity index is 702. The standard InChI is InChI=1S/C16H18N2O2/c1-4-7-18-16(20)13(10-19)9-15(17-18)14-6-5-11(2)8-12(14)3/h5-6,8-10H,4,7H2,1-3H3. The molecule has 0 aliphatic carbocycles. The second-order valence-corrected chi connectivity index (χ2v) is 4.95. The van der Waals surface area contributed by atoms with E-state index < -0.39 is 0 Å². The topological polar surface area (TPSA) is 52.0 Å². The second kappa shape index (κ2) is 5.82. The molecule has 1 aromatic carbocycles. The molecule has 1 aromatic heterocycles. The van der Waals surface area contributed by atoms with Gasteiger partial charge in [-0.05, 0) is 31.9 Å². The highest BCUT2D eigenvalue weighted by atomic mass is 16.1. The molecule has 0 aliphatic rings. The molecule has 0 N–H and O–H groups in total. The number of aryl methyl sites for hydroxylation is 3. The Morgan fingerprint density at radius 1 is 1.25 bits per heavy atom. The first-order valence-corrected chi connectivity index (χ1v) is 6.71. The van der Waals surface area contributed by atoms with Crippen molar-refractivity contribution in [2.75, 3.05) is 0 Å².